The molecule has 0 fully saturated rings. The topological polar surface area (TPSA) is 105 Å². The van der Waals surface area contributed by atoms with Crippen molar-refractivity contribution in [1.82, 2.24) is 10.6 Å². The molecule has 170 valence electrons. The van der Waals surface area contributed by atoms with Crippen LogP contribution in [0.25, 0.3) is 11.1 Å². The lowest BCUT2D eigenvalue weighted by Gasteiger charge is -2.22. The number of amides is 2. The molecule has 0 aliphatic heterocycles. The van der Waals surface area contributed by atoms with Crippen LogP contribution in [0.5, 0.6) is 0 Å². The molecule has 2 aromatic carbocycles. The maximum absolute atomic E-state index is 12.6. The Labute approximate surface area is 188 Å². The smallest absolute Gasteiger partial charge is 0.407 e. The third-order valence-corrected chi connectivity index (χ3v) is 5.53. The Morgan fingerprint density at radius 1 is 0.938 bits per heavy atom. The monoisotopic (exact) mass is 438 g/mol. The zero-order valence-electron chi connectivity index (χ0n) is 18.6. The minimum absolute atomic E-state index is 0.0684. The number of nitrogens with one attached hydrogen (secondary N) is 2. The Balaban J connectivity index is 1.64. The highest BCUT2D eigenvalue weighted by Gasteiger charge is 2.30. The highest BCUT2D eigenvalue weighted by Crippen LogP contribution is 2.44. The number of carboxylic acid groups (broad SMARTS) is 1. The molecule has 7 nitrogen and oxygen atoms in total. The van der Waals surface area contributed by atoms with Gasteiger partial charge >= 0.3 is 12.1 Å². The second-order valence-corrected chi connectivity index (χ2v) is 8.66. The molecule has 0 saturated carbocycles. The van der Waals surface area contributed by atoms with Crippen LogP contribution in [0.15, 0.2) is 48.5 Å². The van der Waals surface area contributed by atoms with Crippen molar-refractivity contribution in [1.29, 1.82) is 0 Å². The number of aliphatic carboxylic acids is 1. The first-order valence-corrected chi connectivity index (χ1v) is 10.9. The molecular formula is C25H30N2O5. The molecule has 0 saturated heterocycles. The first kappa shape index (κ1) is 23.3. The van der Waals surface area contributed by atoms with Gasteiger partial charge in [-0.3, -0.25) is 9.59 Å². The van der Waals surface area contributed by atoms with Gasteiger partial charge < -0.3 is 20.5 Å². The Kier molecular flexibility index (Phi) is 7.51. The molecule has 7 heteroatoms. The quantitative estimate of drug-likeness (QED) is 0.550. The molecule has 2 atom stereocenters. The van der Waals surface area contributed by atoms with Gasteiger partial charge in [-0.2, -0.15) is 0 Å². The number of hydrogen-bond donors (Lipinski definition) is 3. The highest BCUT2D eigenvalue weighted by atomic mass is 16.5. The minimum Gasteiger partial charge on any atom is -0.481 e. The molecule has 1 aliphatic rings. The van der Waals surface area contributed by atoms with E-state index in [1.807, 2.05) is 50.2 Å². The van der Waals surface area contributed by atoms with Crippen LogP contribution < -0.4 is 10.6 Å². The summed E-state index contributed by atoms with van der Waals surface area (Å²) in [7, 11) is 0. The van der Waals surface area contributed by atoms with E-state index in [9.17, 15) is 14.4 Å². The number of hydrogen-bond acceptors (Lipinski definition) is 4. The summed E-state index contributed by atoms with van der Waals surface area (Å²) in [5.74, 6) is -1.33. The van der Waals surface area contributed by atoms with E-state index in [4.69, 9.17) is 9.84 Å². The van der Waals surface area contributed by atoms with Crippen LogP contribution in [-0.4, -0.2) is 41.8 Å². The van der Waals surface area contributed by atoms with Crippen molar-refractivity contribution in [3.05, 3.63) is 59.7 Å². The van der Waals surface area contributed by atoms with E-state index in [-0.39, 0.29) is 24.9 Å². The molecule has 0 bridgehead atoms. The Morgan fingerprint density at radius 3 is 2.03 bits per heavy atom. The molecule has 3 N–H and O–H groups in total. The molecule has 3 rings (SSSR count). The second kappa shape index (κ2) is 10.3. The maximum Gasteiger partial charge on any atom is 0.407 e. The van der Waals surface area contributed by atoms with E-state index < -0.39 is 30.1 Å². The summed E-state index contributed by atoms with van der Waals surface area (Å²) in [5.41, 5.74) is 4.50. The first-order chi connectivity index (χ1) is 15.3. The van der Waals surface area contributed by atoms with Crippen LogP contribution in [0.1, 0.15) is 50.7 Å². The fourth-order valence-corrected chi connectivity index (χ4v) is 4.14. The van der Waals surface area contributed by atoms with E-state index in [2.05, 4.69) is 22.8 Å². The van der Waals surface area contributed by atoms with E-state index in [0.29, 0.717) is 6.42 Å². The third-order valence-electron chi connectivity index (χ3n) is 5.53. The van der Waals surface area contributed by atoms with E-state index in [0.717, 1.165) is 22.3 Å². The minimum atomic E-state index is -0.997. The molecule has 2 aromatic rings. The normalized spacial score (nSPS) is 14.2. The predicted molar refractivity (Wildman–Crippen MR) is 121 cm³/mol. The summed E-state index contributed by atoms with van der Waals surface area (Å²) in [6.07, 6.45) is -0.445. The summed E-state index contributed by atoms with van der Waals surface area (Å²) < 4.78 is 5.55. The molecule has 0 aromatic heterocycles. The zero-order valence-corrected chi connectivity index (χ0v) is 18.6. The van der Waals surface area contributed by atoms with Gasteiger partial charge in [0.15, 0.2) is 0 Å². The molecule has 0 heterocycles. The van der Waals surface area contributed by atoms with Gasteiger partial charge in [-0.15, -0.1) is 0 Å². The van der Waals surface area contributed by atoms with Gasteiger partial charge in [-0.1, -0.05) is 62.4 Å². The molecule has 0 spiro atoms. The van der Waals surface area contributed by atoms with Gasteiger partial charge in [0.25, 0.3) is 0 Å². The molecule has 0 radical (unpaired) electrons. The maximum atomic E-state index is 12.6. The summed E-state index contributed by atoms with van der Waals surface area (Å²) in [6.45, 7) is 5.66. The number of rotatable bonds is 9. The SMILES string of the molecule is CC(C)C[C@H](NC(=O)OCC1c2ccccc2-c2ccccc21)C(=O)N[C@H](C)CC(=O)O. The fraction of sp³-hybridized carbons (Fsp3) is 0.400. The van der Waals surface area contributed by atoms with Gasteiger partial charge in [0.1, 0.15) is 12.6 Å². The lowest BCUT2D eigenvalue weighted by Crippen LogP contribution is -2.50. The van der Waals surface area contributed by atoms with Crippen molar-refractivity contribution < 1.29 is 24.2 Å². The van der Waals surface area contributed by atoms with Gasteiger partial charge in [0, 0.05) is 12.0 Å². The van der Waals surface area contributed by atoms with Gasteiger partial charge in [-0.25, -0.2) is 4.79 Å². The van der Waals surface area contributed by atoms with Crippen molar-refractivity contribution in [2.75, 3.05) is 6.61 Å². The van der Waals surface area contributed by atoms with Gasteiger partial charge in [0.05, 0.1) is 6.42 Å². The third kappa shape index (κ3) is 5.66. The Bertz CT molecular complexity index is 942. The predicted octanol–water partition coefficient (Wildman–Crippen LogP) is 3.92. The van der Waals surface area contributed by atoms with Gasteiger partial charge in [0.2, 0.25) is 5.91 Å². The average Bonchev–Trinajstić information content (AvgIpc) is 3.04. The van der Waals surface area contributed by atoms with Crippen molar-refractivity contribution in [2.24, 2.45) is 5.92 Å². The largest absolute Gasteiger partial charge is 0.481 e. The van der Waals surface area contributed by atoms with Crippen LogP contribution in [0, 0.1) is 5.92 Å². The zero-order chi connectivity index (χ0) is 23.3. The van der Waals surface area contributed by atoms with E-state index in [1.54, 1.807) is 6.92 Å². The number of carbonyl (C=O) groups excluding carboxylic acids is 2. The lowest BCUT2D eigenvalue weighted by atomic mass is 9.98. The summed E-state index contributed by atoms with van der Waals surface area (Å²) in [4.78, 5) is 36.1. The van der Waals surface area contributed by atoms with Crippen LogP contribution >= 0.6 is 0 Å². The summed E-state index contributed by atoms with van der Waals surface area (Å²) >= 11 is 0. The number of carboxylic acids is 1. The molecule has 2 amide bonds. The Hall–Kier alpha value is -3.35. The van der Waals surface area contributed by atoms with Crippen LogP contribution in [0.2, 0.25) is 0 Å². The number of alkyl carbamates (subject to hydrolysis) is 1. The number of benzene rings is 2. The van der Waals surface area contributed by atoms with Crippen LogP contribution in [-0.2, 0) is 14.3 Å². The van der Waals surface area contributed by atoms with E-state index in [1.165, 1.54) is 0 Å². The highest BCUT2D eigenvalue weighted by molar-refractivity contribution is 5.86. The summed E-state index contributed by atoms with van der Waals surface area (Å²) in [6, 6.07) is 14.8. The Morgan fingerprint density at radius 2 is 1.50 bits per heavy atom. The van der Waals surface area contributed by atoms with E-state index >= 15 is 0 Å². The summed E-state index contributed by atoms with van der Waals surface area (Å²) in [5, 5.41) is 14.2. The number of ether oxygens (including phenoxy) is 1. The number of fused-ring (bicyclic) bond motifs is 3. The second-order valence-electron chi connectivity index (χ2n) is 8.66. The van der Waals surface area contributed by atoms with Crippen molar-refractivity contribution >= 4 is 18.0 Å². The van der Waals surface area contributed by atoms with Crippen LogP contribution in [0.3, 0.4) is 0 Å². The van der Waals surface area contributed by atoms with Crippen LogP contribution in [0.4, 0.5) is 4.79 Å². The van der Waals surface area contributed by atoms with Crippen molar-refractivity contribution in [3.8, 4) is 11.1 Å². The lowest BCUT2D eigenvalue weighted by molar-refractivity contribution is -0.137. The average molecular weight is 439 g/mol. The van der Waals surface area contributed by atoms with Crippen molar-refractivity contribution in [2.45, 2.75) is 51.6 Å². The van der Waals surface area contributed by atoms with Gasteiger partial charge in [-0.05, 0) is 41.5 Å². The molecule has 0 unspecified atom stereocenters. The molecule has 1 aliphatic carbocycles. The van der Waals surface area contributed by atoms with Crippen molar-refractivity contribution in [3.63, 3.8) is 0 Å². The number of carbonyl (C=O) groups is 3. The molecule has 32 heavy (non-hydrogen) atoms. The first-order valence-electron chi connectivity index (χ1n) is 10.9. The molecular weight excluding hydrogens is 408 g/mol. The standard InChI is InChI=1S/C25H30N2O5/c1-15(2)12-22(24(30)26-16(3)13-23(28)29)27-25(31)32-14-21-19-10-6-4-8-17(19)18-9-5-7-11-20(18)21/h4-11,15-16,21-22H,12-14H2,1-3H3,(H,26,30)(H,27,31)(H,28,29)/t16-,22+/m1/s1. The fourth-order valence-electron chi connectivity index (χ4n) is 4.14.